The number of nitrogens with zero attached hydrogens (tertiary/aromatic N) is 1. The number of piperidine rings is 1. The number of allylic oxidation sites excluding steroid dienone is 6. The summed E-state index contributed by atoms with van der Waals surface area (Å²) in [6.07, 6.45) is 18.3. The van der Waals surface area contributed by atoms with Crippen molar-refractivity contribution >= 4 is 29.2 Å². The molecule has 2 bridgehead atoms. The fourth-order valence-corrected chi connectivity index (χ4v) is 10.3. The fraction of sp³-hybridized carbons (Fsp3) is 0.722. The van der Waals surface area contributed by atoms with E-state index in [0.29, 0.717) is 69.8 Å². The Morgan fingerprint density at radius 1 is 0.897 bits per heavy atom. The molecule has 1 amide bonds. The van der Waals surface area contributed by atoms with Gasteiger partial charge in [0.1, 0.15) is 30.1 Å². The number of methoxy groups -OCH3 is 2. The van der Waals surface area contributed by atoms with Gasteiger partial charge in [-0.2, -0.15) is 0 Å². The summed E-state index contributed by atoms with van der Waals surface area (Å²) >= 11 is 0. The maximum Gasteiger partial charge on any atom is 0.329 e. The lowest BCUT2D eigenvalue weighted by Crippen LogP contribution is -2.61. The van der Waals surface area contributed by atoms with Crippen LogP contribution in [0.15, 0.2) is 47.6 Å². The van der Waals surface area contributed by atoms with E-state index in [1.807, 2.05) is 44.2 Å². The molecule has 14 nitrogen and oxygen atoms in total. The average Bonchev–Trinajstić information content (AvgIpc) is 4.15. The lowest BCUT2D eigenvalue weighted by atomic mass is 9.78. The van der Waals surface area contributed by atoms with Crippen molar-refractivity contribution in [2.75, 3.05) is 20.8 Å². The predicted octanol–water partition coefficient (Wildman–Crippen LogP) is 6.33. The van der Waals surface area contributed by atoms with Crippen molar-refractivity contribution in [3.8, 4) is 12.3 Å². The number of fused-ring (bicyclic) bond motifs is 3. The minimum absolute atomic E-state index is 0.0826. The maximum atomic E-state index is 14.4. The van der Waals surface area contributed by atoms with E-state index in [9.17, 15) is 39.3 Å². The molecule has 3 aliphatic heterocycles. The summed E-state index contributed by atoms with van der Waals surface area (Å²) in [6, 6.07) is -1.15. The number of ketones is 3. The van der Waals surface area contributed by atoms with E-state index in [-0.39, 0.29) is 55.0 Å². The third-order valence-corrected chi connectivity index (χ3v) is 15.1. The number of terminal acetylenes is 1. The van der Waals surface area contributed by atoms with E-state index in [0.717, 1.165) is 18.4 Å². The van der Waals surface area contributed by atoms with Crippen LogP contribution in [0.3, 0.4) is 0 Å². The monoisotopic (exact) mass is 950 g/mol. The zero-order chi connectivity index (χ0) is 49.9. The van der Waals surface area contributed by atoms with E-state index >= 15 is 0 Å². The average molecular weight is 950 g/mol. The van der Waals surface area contributed by atoms with E-state index in [1.54, 1.807) is 40.9 Å². The first kappa shape index (κ1) is 55.1. The number of rotatable bonds is 7. The Labute approximate surface area is 404 Å². The summed E-state index contributed by atoms with van der Waals surface area (Å²) in [7, 11) is 2.92. The van der Waals surface area contributed by atoms with Gasteiger partial charge in [-0.1, -0.05) is 70.1 Å². The molecule has 0 aromatic carbocycles. The summed E-state index contributed by atoms with van der Waals surface area (Å²) in [5.41, 5.74) is 1.25. The summed E-state index contributed by atoms with van der Waals surface area (Å²) in [5, 5.41) is 34.0. The van der Waals surface area contributed by atoms with Crippen LogP contribution in [-0.2, 0) is 47.7 Å². The first-order valence-electron chi connectivity index (χ1n) is 25.1. The molecule has 378 valence electrons. The van der Waals surface area contributed by atoms with E-state index in [4.69, 9.17) is 30.1 Å². The van der Waals surface area contributed by atoms with E-state index < -0.39 is 89.8 Å². The van der Waals surface area contributed by atoms with Crippen LogP contribution in [0.25, 0.3) is 0 Å². The second-order valence-corrected chi connectivity index (χ2v) is 20.5. The molecule has 3 heterocycles. The number of esters is 1. The number of aliphatic hydroxyl groups is 3. The van der Waals surface area contributed by atoms with Crippen molar-refractivity contribution in [2.45, 2.75) is 192 Å². The Morgan fingerprint density at radius 3 is 2.31 bits per heavy atom. The molecule has 5 aliphatic rings. The number of cyclic esters (lactones) is 1. The molecular weight excluding hydrogens is 871 g/mol. The molecule has 14 heteroatoms. The molecule has 2 saturated carbocycles. The second kappa shape index (κ2) is 25.3. The summed E-state index contributed by atoms with van der Waals surface area (Å²) in [5.74, 6) is -5.93. The molecule has 0 aromatic heterocycles. The highest BCUT2D eigenvalue weighted by Gasteiger charge is 2.53. The number of amides is 1. The van der Waals surface area contributed by atoms with Crippen molar-refractivity contribution in [2.24, 2.45) is 35.5 Å². The molecule has 3 N–H and O–H groups in total. The first-order chi connectivity index (χ1) is 32.3. The third kappa shape index (κ3) is 14.4. The summed E-state index contributed by atoms with van der Waals surface area (Å²) in [4.78, 5) is 72.2. The smallest absolute Gasteiger partial charge is 0.329 e. The topological polar surface area (TPSA) is 195 Å². The van der Waals surface area contributed by atoms with Gasteiger partial charge in [0.15, 0.2) is 5.78 Å². The number of Topliss-reactive ketones (excluding diaryl/α,β-unsaturated/α-hetero) is 3. The van der Waals surface area contributed by atoms with E-state index in [1.165, 1.54) is 12.0 Å². The number of ether oxygens (including phenoxy) is 5. The number of aliphatic hydroxyl groups excluding tert-OH is 2. The molecule has 5 rings (SSSR count). The molecule has 15 atom stereocenters. The Kier molecular flexibility index (Phi) is 20.5. The van der Waals surface area contributed by atoms with Gasteiger partial charge in [-0.3, -0.25) is 19.2 Å². The molecular formula is C54H79NO13. The molecule has 2 unspecified atom stereocenters. The number of hydrogen-bond donors (Lipinski definition) is 3. The lowest BCUT2D eigenvalue weighted by Gasteiger charge is -2.43. The van der Waals surface area contributed by atoms with Gasteiger partial charge in [-0.25, -0.2) is 4.79 Å². The molecule has 0 radical (unpaired) electrons. The van der Waals surface area contributed by atoms with Gasteiger partial charge in [-0.15, -0.1) is 6.42 Å². The van der Waals surface area contributed by atoms with Gasteiger partial charge in [0.2, 0.25) is 5.79 Å². The SMILES string of the molecule is C#C[C@@H]1/C=C/C=C/C=C(\C)C(OC2CC2)C[C@@H]2CC[C@@H](C)[C@@](O)(O2)C(=O)C(=O)N2CCCCC2C(=O)O[C@H]([C@H](C)C[C@@H]2CC[C@@H](O)[C@H](OC)C2)CC(=O)[C@H](C)/C=C(\C)[C@@H](O)[C@@H](OC)C(=O)[C@H](C)C1. The van der Waals surface area contributed by atoms with Gasteiger partial charge in [0.25, 0.3) is 11.7 Å². The summed E-state index contributed by atoms with van der Waals surface area (Å²) in [6.45, 7) is 10.7. The van der Waals surface area contributed by atoms with Crippen molar-refractivity contribution < 1.29 is 63.0 Å². The Morgan fingerprint density at radius 2 is 1.63 bits per heavy atom. The van der Waals surface area contributed by atoms with Crippen LogP contribution < -0.4 is 0 Å². The highest BCUT2D eigenvalue weighted by atomic mass is 16.6. The van der Waals surface area contributed by atoms with Crippen molar-refractivity contribution in [1.29, 1.82) is 0 Å². The normalized spacial score (nSPS) is 40.1. The van der Waals surface area contributed by atoms with Gasteiger partial charge in [-0.05, 0) is 114 Å². The molecule has 4 fully saturated rings. The molecule has 2 saturated heterocycles. The van der Waals surface area contributed by atoms with Gasteiger partial charge < -0.3 is 43.9 Å². The van der Waals surface area contributed by atoms with Crippen LogP contribution in [0.4, 0.5) is 0 Å². The zero-order valence-corrected chi connectivity index (χ0v) is 41.7. The van der Waals surface area contributed by atoms with Crippen LogP contribution in [0.2, 0.25) is 0 Å². The quantitative estimate of drug-likeness (QED) is 0.111. The summed E-state index contributed by atoms with van der Waals surface area (Å²) < 4.78 is 30.1. The highest BCUT2D eigenvalue weighted by molar-refractivity contribution is 6.39. The third-order valence-electron chi connectivity index (χ3n) is 15.1. The lowest BCUT2D eigenvalue weighted by molar-refractivity contribution is -0.266. The first-order valence-corrected chi connectivity index (χ1v) is 25.1. The Hall–Kier alpha value is -3.81. The maximum absolute atomic E-state index is 14.4. The molecule has 0 aromatic rings. The number of carbonyl (C=O) groups excluding carboxylic acids is 5. The van der Waals surface area contributed by atoms with Crippen LogP contribution in [-0.4, -0.2) is 131 Å². The zero-order valence-electron chi connectivity index (χ0n) is 41.7. The van der Waals surface area contributed by atoms with Crippen LogP contribution in [0.5, 0.6) is 0 Å². The van der Waals surface area contributed by atoms with Crippen LogP contribution >= 0.6 is 0 Å². The molecule has 68 heavy (non-hydrogen) atoms. The minimum atomic E-state index is -2.44. The number of carbonyl (C=O) groups is 5. The fourth-order valence-electron chi connectivity index (χ4n) is 10.3. The molecule has 0 spiro atoms. The minimum Gasteiger partial charge on any atom is -0.460 e. The Balaban J connectivity index is 1.48. The van der Waals surface area contributed by atoms with E-state index in [2.05, 4.69) is 5.92 Å². The van der Waals surface area contributed by atoms with Crippen molar-refractivity contribution in [3.05, 3.63) is 47.6 Å². The highest BCUT2D eigenvalue weighted by Crippen LogP contribution is 2.39. The number of hydrogen-bond acceptors (Lipinski definition) is 13. The predicted molar refractivity (Wildman–Crippen MR) is 255 cm³/mol. The largest absolute Gasteiger partial charge is 0.460 e. The second-order valence-electron chi connectivity index (χ2n) is 20.5. The van der Waals surface area contributed by atoms with Crippen LogP contribution in [0.1, 0.15) is 131 Å². The van der Waals surface area contributed by atoms with Gasteiger partial charge in [0.05, 0.1) is 30.5 Å². The Bertz CT molecular complexity index is 1930. The van der Waals surface area contributed by atoms with Gasteiger partial charge in [0, 0.05) is 57.3 Å². The van der Waals surface area contributed by atoms with Crippen LogP contribution in [0, 0.1) is 47.9 Å². The van der Waals surface area contributed by atoms with Gasteiger partial charge >= 0.3 is 5.97 Å². The molecule has 2 aliphatic carbocycles. The van der Waals surface area contributed by atoms with Crippen molar-refractivity contribution in [3.63, 3.8) is 0 Å². The van der Waals surface area contributed by atoms with Crippen molar-refractivity contribution in [1.82, 2.24) is 4.90 Å². The standard InChI is InChI=1S/C54H79NO13/c1-10-38-17-13-11-12-16-32(2)45(66-40-22-23-40)30-41-21-19-37(7)54(63,68-41)51(60)52(61)55-25-15-14-18-42(55)53(62)67-46(34(4)27-39-20-24-43(56)47(29-39)64-8)31-44(57)33(3)26-35(5)48(58)50(65-9)49(59)36(6)28-38/h1,11-13,16-17,26,33-34,36-43,45-48,50,56,58,63H,14-15,18-25,27-31H2,2-9H3/b12-11+,17-13+,32-16+,35-26+/t33-,34-,36-,37-,38-,39+,41+,42?,43-,45?,46+,47-,48-,50-,54-/m1/s1.